The molecule has 11 heteroatoms. The van der Waals surface area contributed by atoms with Crippen molar-refractivity contribution in [3.8, 4) is 0 Å². The molecule has 0 spiro atoms. The molecular formula is C22H19ClFN5O3S. The third-order valence-electron chi connectivity index (χ3n) is 5.08. The Bertz CT molecular complexity index is 1490. The number of benzene rings is 1. The van der Waals surface area contributed by atoms with Gasteiger partial charge in [-0.05, 0) is 42.3 Å². The molecule has 0 fully saturated rings. The van der Waals surface area contributed by atoms with Crippen molar-refractivity contribution in [1.82, 2.24) is 19.3 Å². The molecule has 0 atom stereocenters. The number of anilines is 1. The van der Waals surface area contributed by atoms with E-state index < -0.39 is 17.1 Å². The standard InChI is InChI=1S/C22H19ClFN5O3S/c1-12-20(31)28(10-14-3-4-15(23)16(24)7-14)22(32)29-11-17(33-21(12)29)19(30)27-9-13-5-6-26-18(8-13)25-2/h3-8,11H,9-10H2,1-2H3,(H,25,26)(H,27,30). The largest absolute Gasteiger partial charge is 0.373 e. The minimum Gasteiger partial charge on any atom is -0.373 e. The van der Waals surface area contributed by atoms with Gasteiger partial charge in [-0.1, -0.05) is 17.7 Å². The lowest BCUT2D eigenvalue weighted by atomic mass is 10.2. The van der Waals surface area contributed by atoms with Crippen molar-refractivity contribution in [3.63, 3.8) is 0 Å². The van der Waals surface area contributed by atoms with Gasteiger partial charge in [-0.25, -0.2) is 14.2 Å². The molecule has 0 aliphatic carbocycles. The second-order valence-corrected chi connectivity index (χ2v) is 8.74. The molecule has 4 aromatic rings. The zero-order valence-corrected chi connectivity index (χ0v) is 19.3. The number of fused-ring (bicyclic) bond motifs is 1. The summed E-state index contributed by atoms with van der Waals surface area (Å²) in [5.41, 5.74) is 0.481. The van der Waals surface area contributed by atoms with Crippen LogP contribution < -0.4 is 21.9 Å². The second kappa shape index (κ2) is 9.16. The Morgan fingerprint density at radius 3 is 2.73 bits per heavy atom. The SMILES string of the molecule is CNc1cc(CNC(=O)c2cn3c(=O)n(Cc4ccc(Cl)c(F)c4)c(=O)c(C)c3s2)ccn1. The van der Waals surface area contributed by atoms with E-state index in [1.165, 1.54) is 22.7 Å². The van der Waals surface area contributed by atoms with Gasteiger partial charge in [0, 0.05) is 31.5 Å². The first-order valence-corrected chi connectivity index (χ1v) is 11.1. The molecule has 2 N–H and O–H groups in total. The van der Waals surface area contributed by atoms with E-state index in [1.807, 2.05) is 6.07 Å². The maximum atomic E-state index is 13.8. The third kappa shape index (κ3) is 4.53. The summed E-state index contributed by atoms with van der Waals surface area (Å²) in [7, 11) is 1.75. The number of hydrogen-bond donors (Lipinski definition) is 2. The van der Waals surface area contributed by atoms with E-state index in [0.717, 1.165) is 21.5 Å². The van der Waals surface area contributed by atoms with E-state index in [-0.39, 0.29) is 28.9 Å². The number of aromatic nitrogens is 3. The van der Waals surface area contributed by atoms with Crippen molar-refractivity contribution in [2.75, 3.05) is 12.4 Å². The van der Waals surface area contributed by atoms with Crippen LogP contribution in [0, 0.1) is 12.7 Å². The summed E-state index contributed by atoms with van der Waals surface area (Å²) in [6.07, 6.45) is 3.05. The monoisotopic (exact) mass is 487 g/mol. The molecule has 0 bridgehead atoms. The van der Waals surface area contributed by atoms with E-state index in [9.17, 15) is 18.8 Å². The first kappa shape index (κ1) is 22.7. The summed E-state index contributed by atoms with van der Waals surface area (Å²) in [5, 5.41) is 5.70. The molecule has 0 saturated carbocycles. The molecule has 0 aliphatic rings. The van der Waals surface area contributed by atoms with Crippen LogP contribution in [0.15, 0.2) is 52.3 Å². The van der Waals surface area contributed by atoms with Gasteiger partial charge in [-0.3, -0.25) is 18.6 Å². The normalized spacial score (nSPS) is 11.0. The number of carbonyl (C=O) groups excluding carboxylic acids is 1. The van der Waals surface area contributed by atoms with Crippen LogP contribution in [0.4, 0.5) is 10.2 Å². The van der Waals surface area contributed by atoms with Crippen molar-refractivity contribution in [2.24, 2.45) is 0 Å². The van der Waals surface area contributed by atoms with Crippen LogP contribution in [0.25, 0.3) is 4.83 Å². The van der Waals surface area contributed by atoms with Crippen LogP contribution in [0.1, 0.15) is 26.4 Å². The lowest BCUT2D eigenvalue weighted by molar-refractivity contribution is 0.0954. The average molecular weight is 488 g/mol. The maximum Gasteiger partial charge on any atom is 0.336 e. The Hall–Kier alpha value is -3.50. The van der Waals surface area contributed by atoms with E-state index in [2.05, 4.69) is 15.6 Å². The van der Waals surface area contributed by atoms with Crippen LogP contribution in [-0.4, -0.2) is 26.9 Å². The minimum absolute atomic E-state index is 0.0445. The maximum absolute atomic E-state index is 13.8. The number of rotatable bonds is 6. The van der Waals surface area contributed by atoms with Gasteiger partial charge in [0.2, 0.25) is 0 Å². The van der Waals surface area contributed by atoms with Crippen LogP contribution >= 0.6 is 22.9 Å². The van der Waals surface area contributed by atoms with E-state index in [4.69, 9.17) is 11.6 Å². The molecule has 0 aliphatic heterocycles. The predicted octanol–water partition coefficient (Wildman–Crippen LogP) is 3.04. The molecule has 170 valence electrons. The summed E-state index contributed by atoms with van der Waals surface area (Å²) in [5.74, 6) is -0.325. The predicted molar refractivity (Wildman–Crippen MR) is 126 cm³/mol. The first-order chi connectivity index (χ1) is 15.8. The topological polar surface area (TPSA) is 97.5 Å². The number of carbonyl (C=O) groups is 1. The Morgan fingerprint density at radius 1 is 1.21 bits per heavy atom. The molecule has 0 unspecified atom stereocenters. The lowest BCUT2D eigenvalue weighted by Gasteiger charge is -2.08. The Labute approximate surface area is 196 Å². The number of aryl methyl sites for hydroxylation is 1. The Balaban J connectivity index is 1.64. The number of thiazole rings is 1. The quantitative estimate of drug-likeness (QED) is 0.435. The van der Waals surface area contributed by atoms with Crippen LogP contribution in [0.3, 0.4) is 0 Å². The molecule has 8 nitrogen and oxygen atoms in total. The zero-order chi connectivity index (χ0) is 23.7. The van der Waals surface area contributed by atoms with Crippen molar-refractivity contribution in [1.29, 1.82) is 0 Å². The van der Waals surface area contributed by atoms with Crippen molar-refractivity contribution in [2.45, 2.75) is 20.0 Å². The number of halogens is 2. The van der Waals surface area contributed by atoms with Gasteiger partial charge < -0.3 is 10.6 Å². The van der Waals surface area contributed by atoms with Gasteiger partial charge in [-0.2, -0.15) is 0 Å². The summed E-state index contributed by atoms with van der Waals surface area (Å²) in [6.45, 7) is 1.74. The van der Waals surface area contributed by atoms with Gasteiger partial charge >= 0.3 is 5.69 Å². The number of pyridine rings is 1. The van der Waals surface area contributed by atoms with E-state index in [0.29, 0.717) is 21.8 Å². The highest BCUT2D eigenvalue weighted by atomic mass is 35.5. The van der Waals surface area contributed by atoms with Crippen molar-refractivity contribution >= 4 is 39.5 Å². The first-order valence-electron chi connectivity index (χ1n) is 9.89. The molecule has 1 aromatic carbocycles. The minimum atomic E-state index is -0.634. The smallest absolute Gasteiger partial charge is 0.336 e. The van der Waals surface area contributed by atoms with Crippen LogP contribution in [0.2, 0.25) is 5.02 Å². The number of hydrogen-bond acceptors (Lipinski definition) is 6. The summed E-state index contributed by atoms with van der Waals surface area (Å²) in [4.78, 5) is 43.4. The fraction of sp³-hybridized carbons (Fsp3) is 0.182. The fourth-order valence-electron chi connectivity index (χ4n) is 3.32. The zero-order valence-electron chi connectivity index (χ0n) is 17.7. The molecule has 1 amide bonds. The highest BCUT2D eigenvalue weighted by Crippen LogP contribution is 2.19. The van der Waals surface area contributed by atoms with Crippen molar-refractivity contribution < 1.29 is 9.18 Å². The molecule has 33 heavy (non-hydrogen) atoms. The molecule has 3 heterocycles. The van der Waals surface area contributed by atoms with E-state index in [1.54, 1.807) is 32.3 Å². The molecule has 0 radical (unpaired) electrons. The Morgan fingerprint density at radius 2 is 2.00 bits per heavy atom. The summed E-state index contributed by atoms with van der Waals surface area (Å²) < 4.78 is 16.1. The van der Waals surface area contributed by atoms with Gasteiger partial charge in [0.1, 0.15) is 21.3 Å². The number of amides is 1. The van der Waals surface area contributed by atoms with E-state index >= 15 is 0 Å². The molecule has 0 saturated heterocycles. The Kier molecular flexibility index (Phi) is 6.30. The van der Waals surface area contributed by atoms with Gasteiger partial charge in [-0.15, -0.1) is 11.3 Å². The van der Waals surface area contributed by atoms with Gasteiger partial charge in [0.05, 0.1) is 11.6 Å². The lowest BCUT2D eigenvalue weighted by Crippen LogP contribution is -2.38. The fourth-order valence-corrected chi connectivity index (χ4v) is 4.44. The van der Waals surface area contributed by atoms with Crippen LogP contribution in [0.5, 0.6) is 0 Å². The third-order valence-corrected chi connectivity index (χ3v) is 6.59. The molecule has 4 rings (SSSR count). The van der Waals surface area contributed by atoms with Gasteiger partial charge in [0.15, 0.2) is 0 Å². The van der Waals surface area contributed by atoms with Crippen LogP contribution in [-0.2, 0) is 13.1 Å². The summed E-state index contributed by atoms with van der Waals surface area (Å²) in [6, 6.07) is 7.70. The second-order valence-electron chi connectivity index (χ2n) is 7.30. The van der Waals surface area contributed by atoms with Crippen molar-refractivity contribution in [3.05, 3.63) is 96.0 Å². The number of nitrogens with zero attached hydrogens (tertiary/aromatic N) is 3. The molecular weight excluding hydrogens is 469 g/mol. The summed E-state index contributed by atoms with van der Waals surface area (Å²) >= 11 is 6.77. The highest BCUT2D eigenvalue weighted by molar-refractivity contribution is 7.19. The van der Waals surface area contributed by atoms with Gasteiger partial charge in [0.25, 0.3) is 11.5 Å². The number of nitrogens with one attached hydrogen (secondary N) is 2. The molecule has 3 aromatic heterocycles. The highest BCUT2D eigenvalue weighted by Gasteiger charge is 2.18. The average Bonchev–Trinajstić information content (AvgIpc) is 3.27.